The SMILES string of the molecule is CC(C)(C)c1cc(-c2c(F)cccc2C(N)=O)n(-c2nc(C(F)(F)F)nc(-c3ccccc3)c2-c2ccccc2)n1. The van der Waals surface area contributed by atoms with Gasteiger partial charge in [-0.3, -0.25) is 4.79 Å². The molecule has 1 amide bonds. The standard InChI is InChI=1S/C31H25F4N5O/c1-30(2,3)23-17-22(25-20(27(36)41)15-10-16-21(25)32)40(39-23)28-24(18-11-6-4-7-12-18)26(19-13-8-5-9-14-19)37-29(38-28)31(33,34)35/h4-17H,1-3H3,(H2,36,41). The molecule has 5 rings (SSSR count). The van der Waals surface area contributed by atoms with Gasteiger partial charge in [-0.15, -0.1) is 0 Å². The molecular formula is C31H25F4N5O. The van der Waals surface area contributed by atoms with Crippen LogP contribution in [0.5, 0.6) is 0 Å². The highest BCUT2D eigenvalue weighted by Crippen LogP contribution is 2.41. The van der Waals surface area contributed by atoms with Gasteiger partial charge in [0.1, 0.15) is 5.82 Å². The lowest BCUT2D eigenvalue weighted by molar-refractivity contribution is -0.144. The molecule has 2 heterocycles. The van der Waals surface area contributed by atoms with Gasteiger partial charge >= 0.3 is 6.18 Å². The van der Waals surface area contributed by atoms with E-state index in [1.807, 2.05) is 20.8 Å². The van der Waals surface area contributed by atoms with Crippen molar-refractivity contribution < 1.29 is 22.4 Å². The molecule has 2 aromatic heterocycles. The highest BCUT2D eigenvalue weighted by Gasteiger charge is 2.38. The number of hydrogen-bond acceptors (Lipinski definition) is 4. The molecule has 0 saturated heterocycles. The van der Waals surface area contributed by atoms with Crippen molar-refractivity contribution in [2.24, 2.45) is 5.73 Å². The molecule has 208 valence electrons. The largest absolute Gasteiger partial charge is 0.451 e. The summed E-state index contributed by atoms with van der Waals surface area (Å²) in [6.07, 6.45) is -4.91. The van der Waals surface area contributed by atoms with Gasteiger partial charge in [-0.2, -0.15) is 18.3 Å². The number of alkyl halides is 3. The Morgan fingerprint density at radius 2 is 1.41 bits per heavy atom. The van der Waals surface area contributed by atoms with Gasteiger partial charge in [0.25, 0.3) is 0 Å². The lowest BCUT2D eigenvalue weighted by atomic mass is 9.91. The summed E-state index contributed by atoms with van der Waals surface area (Å²) in [6.45, 7) is 5.57. The Balaban J connectivity index is 1.98. The van der Waals surface area contributed by atoms with Crippen molar-refractivity contribution in [1.82, 2.24) is 19.7 Å². The molecule has 0 aliphatic heterocycles. The second kappa shape index (κ2) is 10.3. The summed E-state index contributed by atoms with van der Waals surface area (Å²) in [7, 11) is 0. The number of nitrogens with two attached hydrogens (primary N) is 1. The zero-order valence-electron chi connectivity index (χ0n) is 22.4. The van der Waals surface area contributed by atoms with Gasteiger partial charge in [-0.25, -0.2) is 19.0 Å². The molecule has 0 aliphatic rings. The summed E-state index contributed by atoms with van der Waals surface area (Å²) in [6, 6.07) is 22.4. The van der Waals surface area contributed by atoms with Crippen molar-refractivity contribution in [1.29, 1.82) is 0 Å². The maximum absolute atomic E-state index is 15.5. The number of benzene rings is 3. The maximum Gasteiger partial charge on any atom is 0.451 e. The van der Waals surface area contributed by atoms with Gasteiger partial charge in [0, 0.05) is 16.5 Å². The van der Waals surface area contributed by atoms with Crippen molar-refractivity contribution in [3.63, 3.8) is 0 Å². The van der Waals surface area contributed by atoms with Gasteiger partial charge in [0.05, 0.1) is 28.2 Å². The molecule has 3 aromatic carbocycles. The average molecular weight is 560 g/mol. The van der Waals surface area contributed by atoms with E-state index in [1.54, 1.807) is 60.7 Å². The first-order chi connectivity index (χ1) is 19.4. The first-order valence-corrected chi connectivity index (χ1v) is 12.7. The normalized spacial score (nSPS) is 12.0. The van der Waals surface area contributed by atoms with Crippen molar-refractivity contribution in [2.45, 2.75) is 32.4 Å². The Bertz CT molecular complexity index is 1740. The minimum Gasteiger partial charge on any atom is -0.366 e. The second-order valence-electron chi connectivity index (χ2n) is 10.4. The quantitative estimate of drug-likeness (QED) is 0.231. The number of hydrogen-bond donors (Lipinski definition) is 1. The molecule has 0 atom stereocenters. The molecule has 0 fully saturated rings. The van der Waals surface area contributed by atoms with Crippen LogP contribution in [-0.2, 0) is 11.6 Å². The van der Waals surface area contributed by atoms with Crippen LogP contribution in [0.1, 0.15) is 42.6 Å². The van der Waals surface area contributed by atoms with Crippen LogP contribution in [0.4, 0.5) is 17.6 Å². The lowest BCUT2D eigenvalue weighted by Gasteiger charge is -2.19. The first-order valence-electron chi connectivity index (χ1n) is 12.7. The van der Waals surface area contributed by atoms with Crippen LogP contribution in [0.15, 0.2) is 84.9 Å². The number of carbonyl (C=O) groups is 1. The molecule has 0 aliphatic carbocycles. The Kier molecular flexibility index (Phi) is 6.94. The Morgan fingerprint density at radius 1 is 0.805 bits per heavy atom. The monoisotopic (exact) mass is 559 g/mol. The predicted octanol–water partition coefficient (Wildman–Crippen LogP) is 7.22. The molecule has 5 aromatic rings. The number of aromatic nitrogens is 4. The van der Waals surface area contributed by atoms with Gasteiger partial charge in [-0.05, 0) is 23.8 Å². The van der Waals surface area contributed by atoms with Crippen molar-refractivity contribution in [3.8, 4) is 39.5 Å². The molecule has 2 N–H and O–H groups in total. The van der Waals surface area contributed by atoms with E-state index < -0.39 is 29.1 Å². The van der Waals surface area contributed by atoms with E-state index in [2.05, 4.69) is 15.1 Å². The molecule has 41 heavy (non-hydrogen) atoms. The van der Waals surface area contributed by atoms with E-state index >= 15 is 4.39 Å². The molecule has 0 spiro atoms. The van der Waals surface area contributed by atoms with Crippen molar-refractivity contribution in [3.05, 3.63) is 108 Å². The molecule has 0 bridgehead atoms. The number of amides is 1. The highest BCUT2D eigenvalue weighted by molar-refractivity contribution is 6.00. The molecule has 6 nitrogen and oxygen atoms in total. The Hall–Kier alpha value is -4.86. The second-order valence-corrected chi connectivity index (χ2v) is 10.4. The fourth-order valence-corrected chi connectivity index (χ4v) is 4.48. The van der Waals surface area contributed by atoms with Crippen LogP contribution in [0.25, 0.3) is 39.5 Å². The van der Waals surface area contributed by atoms with Crippen LogP contribution in [0.2, 0.25) is 0 Å². The Morgan fingerprint density at radius 3 is 1.98 bits per heavy atom. The number of nitrogens with zero attached hydrogens (tertiary/aromatic N) is 4. The summed E-state index contributed by atoms with van der Waals surface area (Å²) in [5, 5.41) is 4.65. The summed E-state index contributed by atoms with van der Waals surface area (Å²) >= 11 is 0. The van der Waals surface area contributed by atoms with E-state index in [-0.39, 0.29) is 33.9 Å². The minimum absolute atomic E-state index is 0.0107. The number of halogens is 4. The molecule has 0 saturated carbocycles. The Labute approximate surface area is 233 Å². The van der Waals surface area contributed by atoms with Crippen LogP contribution in [0, 0.1) is 5.82 Å². The number of carbonyl (C=O) groups excluding carboxylic acids is 1. The van der Waals surface area contributed by atoms with Crippen molar-refractivity contribution in [2.75, 3.05) is 0 Å². The fraction of sp³-hybridized carbons (Fsp3) is 0.161. The van der Waals surface area contributed by atoms with Gasteiger partial charge in [0.15, 0.2) is 5.82 Å². The summed E-state index contributed by atoms with van der Waals surface area (Å²) in [5.74, 6) is -3.33. The molecule has 0 radical (unpaired) electrons. The minimum atomic E-state index is -4.91. The summed E-state index contributed by atoms with van der Waals surface area (Å²) in [5.41, 5.74) is 6.26. The third kappa shape index (κ3) is 5.32. The summed E-state index contributed by atoms with van der Waals surface area (Å²) < 4.78 is 59.5. The van der Waals surface area contributed by atoms with Gasteiger partial charge < -0.3 is 5.73 Å². The summed E-state index contributed by atoms with van der Waals surface area (Å²) in [4.78, 5) is 20.3. The predicted molar refractivity (Wildman–Crippen MR) is 148 cm³/mol. The smallest absolute Gasteiger partial charge is 0.366 e. The molecular weight excluding hydrogens is 534 g/mol. The zero-order chi connectivity index (χ0) is 29.5. The lowest BCUT2D eigenvalue weighted by Crippen LogP contribution is -2.18. The topological polar surface area (TPSA) is 86.7 Å². The van der Waals surface area contributed by atoms with E-state index in [1.165, 1.54) is 18.2 Å². The highest BCUT2D eigenvalue weighted by atomic mass is 19.4. The third-order valence-electron chi connectivity index (χ3n) is 6.47. The first kappa shape index (κ1) is 27.7. The average Bonchev–Trinajstić information content (AvgIpc) is 3.38. The van der Waals surface area contributed by atoms with E-state index in [4.69, 9.17) is 5.73 Å². The van der Waals surface area contributed by atoms with Crippen molar-refractivity contribution >= 4 is 5.91 Å². The van der Waals surface area contributed by atoms with Crippen LogP contribution >= 0.6 is 0 Å². The fourth-order valence-electron chi connectivity index (χ4n) is 4.48. The van der Waals surface area contributed by atoms with Gasteiger partial charge in [-0.1, -0.05) is 87.5 Å². The van der Waals surface area contributed by atoms with Crippen LogP contribution in [-0.4, -0.2) is 25.7 Å². The maximum atomic E-state index is 15.5. The van der Waals surface area contributed by atoms with Gasteiger partial charge in [0.2, 0.25) is 11.7 Å². The van der Waals surface area contributed by atoms with E-state index in [0.29, 0.717) is 16.8 Å². The molecule has 0 unspecified atom stereocenters. The number of rotatable bonds is 5. The van der Waals surface area contributed by atoms with E-state index in [9.17, 15) is 18.0 Å². The number of primary amides is 1. The van der Waals surface area contributed by atoms with E-state index in [0.717, 1.165) is 10.7 Å². The van der Waals surface area contributed by atoms with Crippen LogP contribution < -0.4 is 5.73 Å². The van der Waals surface area contributed by atoms with Crippen LogP contribution in [0.3, 0.4) is 0 Å². The third-order valence-corrected chi connectivity index (χ3v) is 6.47. The zero-order valence-corrected chi connectivity index (χ0v) is 22.4. The molecule has 10 heteroatoms.